The third-order valence-corrected chi connectivity index (χ3v) is 2.37. The Morgan fingerprint density at radius 3 is 3.00 bits per heavy atom. The largest absolute Gasteiger partial charge is 0.0853 e. The Morgan fingerprint density at radius 1 is 1.40 bits per heavy atom. The minimum Gasteiger partial charge on any atom is -0.0853 e. The predicted octanol–water partition coefficient (Wildman–Crippen LogP) is 3.35. The van der Waals surface area contributed by atoms with Gasteiger partial charge in [0.2, 0.25) is 0 Å². The molecule has 0 N–H and O–H groups in total. The van der Waals surface area contributed by atoms with Gasteiger partial charge in [0.15, 0.2) is 0 Å². The summed E-state index contributed by atoms with van der Waals surface area (Å²) in [6.07, 6.45) is 9.08. The number of hydrogen-bond donors (Lipinski definition) is 0. The van der Waals surface area contributed by atoms with Crippen LogP contribution in [-0.4, -0.2) is 0 Å². The van der Waals surface area contributed by atoms with E-state index in [4.69, 9.17) is 0 Å². The zero-order valence-corrected chi connectivity index (χ0v) is 6.90. The summed E-state index contributed by atoms with van der Waals surface area (Å²) in [4.78, 5) is 0. The van der Waals surface area contributed by atoms with Crippen molar-refractivity contribution in [3.63, 3.8) is 0 Å². The lowest BCUT2D eigenvalue weighted by molar-refractivity contribution is 0.560. The lowest BCUT2D eigenvalue weighted by atomic mass is 9.92. The summed E-state index contributed by atoms with van der Waals surface area (Å²) in [5.74, 6) is 0.597. The maximum absolute atomic E-state index is 4.11. The van der Waals surface area contributed by atoms with Crippen LogP contribution in [0.4, 0.5) is 0 Å². The molecule has 0 aromatic rings. The van der Waals surface area contributed by atoms with Gasteiger partial charge in [-0.15, -0.1) is 0 Å². The highest BCUT2D eigenvalue weighted by molar-refractivity contribution is 5.05. The molecule has 0 aliphatic heterocycles. The summed E-state index contributed by atoms with van der Waals surface area (Å²) in [6.45, 7) is 6.32. The van der Waals surface area contributed by atoms with Crippen LogP contribution in [0.2, 0.25) is 0 Å². The lowest BCUT2D eigenvalue weighted by Gasteiger charge is -2.14. The topological polar surface area (TPSA) is 0 Å². The van der Waals surface area contributed by atoms with Crippen LogP contribution in [0.1, 0.15) is 39.0 Å². The summed E-state index contributed by atoms with van der Waals surface area (Å²) in [7, 11) is 0. The molecule has 1 aliphatic carbocycles. The third-order valence-electron chi connectivity index (χ3n) is 2.37. The fourth-order valence-electron chi connectivity index (χ4n) is 1.44. The van der Waals surface area contributed by atoms with E-state index in [1.165, 1.54) is 37.7 Å². The Kier molecular flexibility index (Phi) is 2.98. The maximum atomic E-state index is 4.11. The fourth-order valence-corrected chi connectivity index (χ4v) is 1.44. The molecule has 0 fully saturated rings. The van der Waals surface area contributed by atoms with Gasteiger partial charge in [0.1, 0.15) is 0 Å². The molecule has 0 heteroatoms. The molecule has 1 aliphatic rings. The standard InChI is InChI=1S/C10H17/c1-9-7-5-3-4-6-8-10(9)2/h8-9H,1,3-7H2,2H3. The molecule has 0 saturated carbocycles. The molecule has 0 bridgehead atoms. The molecule has 1 unspecified atom stereocenters. The highest BCUT2D eigenvalue weighted by Gasteiger charge is 2.05. The van der Waals surface area contributed by atoms with Crippen molar-refractivity contribution in [1.82, 2.24) is 0 Å². The third kappa shape index (κ3) is 2.17. The van der Waals surface area contributed by atoms with Gasteiger partial charge >= 0.3 is 0 Å². The molecule has 0 spiro atoms. The molecule has 0 saturated heterocycles. The van der Waals surface area contributed by atoms with E-state index in [2.05, 4.69) is 19.9 Å². The van der Waals surface area contributed by atoms with Crippen molar-refractivity contribution in [2.75, 3.05) is 0 Å². The van der Waals surface area contributed by atoms with Gasteiger partial charge in [0.05, 0.1) is 0 Å². The predicted molar refractivity (Wildman–Crippen MR) is 45.7 cm³/mol. The van der Waals surface area contributed by atoms with Gasteiger partial charge in [0.25, 0.3) is 0 Å². The zero-order chi connectivity index (χ0) is 7.40. The summed E-state index contributed by atoms with van der Waals surface area (Å²) in [5.41, 5.74) is 1.50. The quantitative estimate of drug-likeness (QED) is 0.449. The van der Waals surface area contributed by atoms with Gasteiger partial charge in [-0.1, -0.05) is 24.5 Å². The van der Waals surface area contributed by atoms with E-state index < -0.39 is 0 Å². The van der Waals surface area contributed by atoms with E-state index in [1.807, 2.05) is 0 Å². The Labute approximate surface area is 64.3 Å². The highest BCUT2D eigenvalue weighted by atomic mass is 14.1. The normalized spacial score (nSPS) is 28.6. The molecule has 10 heavy (non-hydrogen) atoms. The van der Waals surface area contributed by atoms with E-state index >= 15 is 0 Å². The van der Waals surface area contributed by atoms with Crippen molar-refractivity contribution in [2.45, 2.75) is 39.0 Å². The Bertz CT molecular complexity index is 122. The first kappa shape index (κ1) is 7.84. The highest BCUT2D eigenvalue weighted by Crippen LogP contribution is 2.21. The van der Waals surface area contributed by atoms with Crippen molar-refractivity contribution in [2.24, 2.45) is 5.92 Å². The van der Waals surface area contributed by atoms with E-state index in [-0.39, 0.29) is 0 Å². The molecular weight excluding hydrogens is 120 g/mol. The molecule has 1 atom stereocenters. The second kappa shape index (κ2) is 3.80. The summed E-state index contributed by atoms with van der Waals surface area (Å²) in [5, 5.41) is 0. The summed E-state index contributed by atoms with van der Waals surface area (Å²) < 4.78 is 0. The second-order valence-electron chi connectivity index (χ2n) is 3.28. The van der Waals surface area contributed by atoms with Crippen molar-refractivity contribution in [3.8, 4) is 0 Å². The molecule has 57 valence electrons. The van der Waals surface area contributed by atoms with E-state index in [0.717, 1.165) is 0 Å². The average molecular weight is 137 g/mol. The lowest BCUT2D eigenvalue weighted by Crippen LogP contribution is -1.99. The number of hydrogen-bond acceptors (Lipinski definition) is 0. The van der Waals surface area contributed by atoms with E-state index in [9.17, 15) is 0 Å². The van der Waals surface area contributed by atoms with E-state index in [0.29, 0.717) is 5.92 Å². The SMILES string of the molecule is [CH2]C1CCCCCC=C1C. The van der Waals surface area contributed by atoms with Crippen LogP contribution < -0.4 is 0 Å². The van der Waals surface area contributed by atoms with Crippen molar-refractivity contribution in [1.29, 1.82) is 0 Å². The summed E-state index contributed by atoms with van der Waals surface area (Å²) in [6, 6.07) is 0. The fraction of sp³-hybridized carbons (Fsp3) is 0.700. The molecule has 0 amide bonds. The van der Waals surface area contributed by atoms with E-state index in [1.54, 1.807) is 0 Å². The van der Waals surface area contributed by atoms with Crippen LogP contribution in [0.5, 0.6) is 0 Å². The Morgan fingerprint density at radius 2 is 2.20 bits per heavy atom. The minimum atomic E-state index is 0.597. The zero-order valence-electron chi connectivity index (χ0n) is 6.90. The monoisotopic (exact) mass is 137 g/mol. The van der Waals surface area contributed by atoms with Crippen LogP contribution in [0.25, 0.3) is 0 Å². The van der Waals surface area contributed by atoms with Gasteiger partial charge in [-0.25, -0.2) is 0 Å². The maximum Gasteiger partial charge on any atom is -0.0206 e. The first-order valence-electron chi connectivity index (χ1n) is 4.30. The van der Waals surface area contributed by atoms with Crippen LogP contribution in [0.15, 0.2) is 11.6 Å². The first-order valence-corrected chi connectivity index (χ1v) is 4.30. The first-order chi connectivity index (χ1) is 4.80. The van der Waals surface area contributed by atoms with Crippen LogP contribution >= 0.6 is 0 Å². The van der Waals surface area contributed by atoms with Crippen LogP contribution in [-0.2, 0) is 0 Å². The van der Waals surface area contributed by atoms with Crippen LogP contribution in [0.3, 0.4) is 0 Å². The van der Waals surface area contributed by atoms with Crippen LogP contribution in [0, 0.1) is 12.8 Å². The van der Waals surface area contributed by atoms with Gasteiger partial charge in [0, 0.05) is 0 Å². The van der Waals surface area contributed by atoms with Gasteiger partial charge in [-0.3, -0.25) is 0 Å². The molecule has 1 rings (SSSR count). The van der Waals surface area contributed by atoms with Gasteiger partial charge < -0.3 is 0 Å². The van der Waals surface area contributed by atoms with Crippen molar-refractivity contribution >= 4 is 0 Å². The van der Waals surface area contributed by atoms with Crippen molar-refractivity contribution < 1.29 is 0 Å². The Hall–Kier alpha value is -0.260. The Balaban J connectivity index is 2.48. The number of rotatable bonds is 0. The minimum absolute atomic E-state index is 0.597. The van der Waals surface area contributed by atoms with Gasteiger partial charge in [-0.05, 0) is 39.0 Å². The molecule has 1 radical (unpaired) electrons. The van der Waals surface area contributed by atoms with Crippen molar-refractivity contribution in [3.05, 3.63) is 18.6 Å². The second-order valence-corrected chi connectivity index (χ2v) is 3.28. The molecule has 0 heterocycles. The molecule has 0 aromatic heterocycles. The summed E-state index contributed by atoms with van der Waals surface area (Å²) >= 11 is 0. The molecular formula is C10H17. The van der Waals surface area contributed by atoms with Gasteiger partial charge in [-0.2, -0.15) is 0 Å². The molecule has 0 aromatic carbocycles. The smallest absolute Gasteiger partial charge is 0.0206 e. The number of allylic oxidation sites excluding steroid dienone is 2. The molecule has 0 nitrogen and oxygen atoms in total. The average Bonchev–Trinajstić information content (AvgIpc) is 1.92.